The highest BCUT2D eigenvalue weighted by atomic mass is 19.1. The van der Waals surface area contributed by atoms with Crippen LogP contribution in [0.15, 0.2) is 29.8 Å². The maximum absolute atomic E-state index is 13.9. The number of Topliss-reactive ketones (excluding diaryl/α,β-unsaturated/α-hetero) is 1. The summed E-state index contributed by atoms with van der Waals surface area (Å²) in [6, 6.07) is 4.66. The van der Waals surface area contributed by atoms with Crippen molar-refractivity contribution in [1.29, 1.82) is 0 Å². The summed E-state index contributed by atoms with van der Waals surface area (Å²) in [5.41, 5.74) is 0.834. The lowest BCUT2D eigenvalue weighted by atomic mass is 9.93. The molecule has 2 rings (SSSR count). The Morgan fingerprint density at radius 2 is 2.18 bits per heavy atom. The monoisotopic (exact) mass is 234 g/mol. The minimum absolute atomic E-state index is 0.109. The fourth-order valence-corrected chi connectivity index (χ4v) is 2.06. The minimum atomic E-state index is -0.563. The van der Waals surface area contributed by atoms with Gasteiger partial charge in [0.05, 0.1) is 12.7 Å². The summed E-state index contributed by atoms with van der Waals surface area (Å²) in [5.74, 6) is -0.653. The van der Waals surface area contributed by atoms with E-state index < -0.39 is 5.82 Å². The van der Waals surface area contributed by atoms with Crippen LogP contribution in [-0.4, -0.2) is 12.9 Å². The topological polar surface area (TPSA) is 26.3 Å². The summed E-state index contributed by atoms with van der Waals surface area (Å²) in [6.45, 7) is 0. The van der Waals surface area contributed by atoms with Crippen LogP contribution in [0.2, 0.25) is 0 Å². The molecule has 2 nitrogen and oxygen atoms in total. The summed E-state index contributed by atoms with van der Waals surface area (Å²) >= 11 is 0. The van der Waals surface area contributed by atoms with E-state index in [1.807, 2.05) is 6.08 Å². The SMILES string of the molecule is COc1cccc(C(=O)C2=CCCCC2)c1F. The maximum Gasteiger partial charge on any atom is 0.191 e. The highest BCUT2D eigenvalue weighted by molar-refractivity contribution is 6.09. The van der Waals surface area contributed by atoms with Crippen LogP contribution < -0.4 is 4.74 Å². The Hall–Kier alpha value is -1.64. The van der Waals surface area contributed by atoms with Crippen LogP contribution in [0.25, 0.3) is 0 Å². The van der Waals surface area contributed by atoms with Crippen molar-refractivity contribution >= 4 is 5.78 Å². The Kier molecular flexibility index (Phi) is 3.57. The molecule has 1 aliphatic rings. The van der Waals surface area contributed by atoms with Gasteiger partial charge in [0.2, 0.25) is 0 Å². The third kappa shape index (κ3) is 2.38. The van der Waals surface area contributed by atoms with Crippen LogP contribution in [0.4, 0.5) is 4.39 Å². The van der Waals surface area contributed by atoms with Crippen molar-refractivity contribution in [3.05, 3.63) is 41.2 Å². The molecule has 0 fully saturated rings. The molecule has 0 amide bonds. The summed E-state index contributed by atoms with van der Waals surface area (Å²) in [5, 5.41) is 0. The molecule has 0 aromatic heterocycles. The Morgan fingerprint density at radius 3 is 2.82 bits per heavy atom. The van der Waals surface area contributed by atoms with Crippen molar-refractivity contribution in [2.45, 2.75) is 25.7 Å². The number of halogens is 1. The first-order valence-corrected chi connectivity index (χ1v) is 5.80. The lowest BCUT2D eigenvalue weighted by molar-refractivity contribution is 0.102. The number of rotatable bonds is 3. The summed E-state index contributed by atoms with van der Waals surface area (Å²) in [4.78, 5) is 12.1. The largest absolute Gasteiger partial charge is 0.494 e. The van der Waals surface area contributed by atoms with E-state index in [1.54, 1.807) is 6.07 Å². The van der Waals surface area contributed by atoms with Crippen LogP contribution in [0.3, 0.4) is 0 Å². The van der Waals surface area contributed by atoms with Crippen LogP contribution in [0.5, 0.6) is 5.75 Å². The zero-order valence-electron chi connectivity index (χ0n) is 9.83. The smallest absolute Gasteiger partial charge is 0.191 e. The zero-order valence-corrected chi connectivity index (χ0v) is 9.83. The number of ketones is 1. The normalized spacial score (nSPS) is 15.3. The lowest BCUT2D eigenvalue weighted by Crippen LogP contribution is -2.09. The van der Waals surface area contributed by atoms with Gasteiger partial charge in [-0.15, -0.1) is 0 Å². The molecule has 0 saturated heterocycles. The van der Waals surface area contributed by atoms with Gasteiger partial charge in [0.25, 0.3) is 0 Å². The second-order valence-electron chi connectivity index (χ2n) is 4.13. The number of methoxy groups -OCH3 is 1. The van der Waals surface area contributed by atoms with Crippen molar-refractivity contribution < 1.29 is 13.9 Å². The van der Waals surface area contributed by atoms with Crippen molar-refractivity contribution in [2.75, 3.05) is 7.11 Å². The fourth-order valence-electron chi connectivity index (χ4n) is 2.06. The lowest BCUT2D eigenvalue weighted by Gasteiger charge is -2.12. The fraction of sp³-hybridized carbons (Fsp3) is 0.357. The van der Waals surface area contributed by atoms with E-state index in [2.05, 4.69) is 0 Å². The first kappa shape index (κ1) is 11.8. The number of carbonyl (C=O) groups excluding carboxylic acids is 1. The van der Waals surface area contributed by atoms with Gasteiger partial charge in [0.1, 0.15) is 0 Å². The molecule has 1 aromatic carbocycles. The average molecular weight is 234 g/mol. The summed E-state index contributed by atoms with van der Waals surface area (Å²) in [6.07, 6.45) is 5.69. The van der Waals surface area contributed by atoms with Crippen molar-refractivity contribution in [1.82, 2.24) is 0 Å². The van der Waals surface area contributed by atoms with E-state index in [-0.39, 0.29) is 17.1 Å². The minimum Gasteiger partial charge on any atom is -0.494 e. The van der Waals surface area contributed by atoms with Gasteiger partial charge in [-0.1, -0.05) is 12.1 Å². The van der Waals surface area contributed by atoms with E-state index in [0.29, 0.717) is 0 Å². The summed E-state index contributed by atoms with van der Waals surface area (Å²) < 4.78 is 18.8. The van der Waals surface area contributed by atoms with E-state index in [9.17, 15) is 9.18 Å². The standard InChI is InChI=1S/C14H15FO2/c1-17-12-9-5-8-11(13(12)15)14(16)10-6-3-2-4-7-10/h5-6,8-9H,2-4,7H2,1H3. The van der Waals surface area contributed by atoms with E-state index in [0.717, 1.165) is 31.3 Å². The molecule has 0 saturated carbocycles. The second kappa shape index (κ2) is 5.13. The van der Waals surface area contributed by atoms with E-state index in [4.69, 9.17) is 4.74 Å². The van der Waals surface area contributed by atoms with Gasteiger partial charge in [-0.3, -0.25) is 4.79 Å². The molecule has 0 spiro atoms. The third-order valence-corrected chi connectivity index (χ3v) is 3.01. The second-order valence-corrected chi connectivity index (χ2v) is 4.13. The van der Waals surface area contributed by atoms with Crippen LogP contribution >= 0.6 is 0 Å². The molecular formula is C14H15FO2. The molecule has 0 unspecified atom stereocenters. The first-order valence-electron chi connectivity index (χ1n) is 5.80. The van der Waals surface area contributed by atoms with Gasteiger partial charge in [0.15, 0.2) is 17.3 Å². The Balaban J connectivity index is 2.33. The molecule has 1 aliphatic carbocycles. The van der Waals surface area contributed by atoms with Crippen molar-refractivity contribution in [2.24, 2.45) is 0 Å². The predicted molar refractivity (Wildman–Crippen MR) is 63.8 cm³/mol. The number of allylic oxidation sites excluding steroid dienone is 2. The average Bonchev–Trinajstić information content (AvgIpc) is 2.39. The highest BCUT2D eigenvalue weighted by Gasteiger charge is 2.19. The van der Waals surface area contributed by atoms with Crippen molar-refractivity contribution in [3.63, 3.8) is 0 Å². The van der Waals surface area contributed by atoms with Gasteiger partial charge in [-0.05, 0) is 43.4 Å². The molecule has 0 bridgehead atoms. The molecule has 17 heavy (non-hydrogen) atoms. The summed E-state index contributed by atoms with van der Waals surface area (Å²) in [7, 11) is 1.40. The van der Waals surface area contributed by atoms with Gasteiger partial charge in [0, 0.05) is 0 Å². The number of hydrogen-bond acceptors (Lipinski definition) is 2. The van der Waals surface area contributed by atoms with E-state index >= 15 is 0 Å². The molecule has 3 heteroatoms. The first-order chi connectivity index (χ1) is 8.24. The van der Waals surface area contributed by atoms with Crippen LogP contribution in [0.1, 0.15) is 36.0 Å². The number of benzene rings is 1. The Labute approximate surface area is 100 Å². The van der Waals surface area contributed by atoms with Crippen molar-refractivity contribution in [3.8, 4) is 5.75 Å². The maximum atomic E-state index is 13.9. The third-order valence-electron chi connectivity index (χ3n) is 3.01. The predicted octanol–water partition coefficient (Wildman–Crippen LogP) is 3.52. The number of carbonyl (C=O) groups is 1. The molecule has 0 heterocycles. The van der Waals surface area contributed by atoms with Gasteiger partial charge in [-0.2, -0.15) is 0 Å². The van der Waals surface area contributed by atoms with E-state index in [1.165, 1.54) is 19.2 Å². The number of hydrogen-bond donors (Lipinski definition) is 0. The number of ether oxygens (including phenoxy) is 1. The van der Waals surface area contributed by atoms with Gasteiger partial charge < -0.3 is 4.74 Å². The van der Waals surface area contributed by atoms with Gasteiger partial charge in [-0.25, -0.2) is 4.39 Å². The molecule has 0 aliphatic heterocycles. The highest BCUT2D eigenvalue weighted by Crippen LogP contribution is 2.26. The molecule has 1 aromatic rings. The molecule has 0 N–H and O–H groups in total. The van der Waals surface area contributed by atoms with Gasteiger partial charge >= 0.3 is 0 Å². The Morgan fingerprint density at radius 1 is 1.35 bits per heavy atom. The van der Waals surface area contributed by atoms with Crippen LogP contribution in [-0.2, 0) is 0 Å². The quantitative estimate of drug-likeness (QED) is 0.748. The molecular weight excluding hydrogens is 219 g/mol. The molecule has 90 valence electrons. The molecule has 0 radical (unpaired) electrons. The Bertz CT molecular complexity index is 463. The van der Waals surface area contributed by atoms with Crippen LogP contribution in [0, 0.1) is 5.82 Å². The molecule has 0 atom stereocenters. The zero-order chi connectivity index (χ0) is 12.3.